The average molecular weight is 1830 g/mol. The SMILES string of the molecule is C.CC(C)(C)OC(=O)CCCBr.Cc1cnccc1-c1cccc(C2CCCCN2S(=O)(=O)c2cccc(Cl)c2C)c1.Cc1cnccc1-c1cccc(C2CN(CCCC(=O)O)CCN2S(=O)(=O)c2cccc(Cl)c2C)c1.Cc1cnccc1-c1cccc(C2CN(CCCC(=O)OC(C)(C)C)CCN2S(=O)(=O)c2cccc(Cl)c2C)c1.Cl. The van der Waals surface area contributed by atoms with Gasteiger partial charge in [0.25, 0.3) is 0 Å². The molecule has 3 aromatic heterocycles. The molecule has 6 heterocycles. The number of pyridine rings is 3. The number of carboxylic acid groups (broad SMARTS) is 1. The molecule has 0 spiro atoms. The molecule has 0 radical (unpaired) electrons. The summed E-state index contributed by atoms with van der Waals surface area (Å²) in [6.07, 6.45) is 16.3. The highest BCUT2D eigenvalue weighted by Crippen LogP contribution is 2.42. The van der Waals surface area contributed by atoms with Crippen molar-refractivity contribution in [3.05, 3.63) is 248 Å². The quantitative estimate of drug-likeness (QED) is 0.0462. The second-order valence-corrected chi connectivity index (χ2v) is 39.2. The van der Waals surface area contributed by atoms with E-state index in [4.69, 9.17) is 49.4 Å². The summed E-state index contributed by atoms with van der Waals surface area (Å²) in [5.74, 6) is -1.16. The minimum Gasteiger partial charge on any atom is -0.481 e. The van der Waals surface area contributed by atoms with E-state index in [9.17, 15) is 39.6 Å². The Hall–Kier alpha value is -7.53. The predicted molar refractivity (Wildman–Crippen MR) is 483 cm³/mol. The molecule has 0 saturated carbocycles. The van der Waals surface area contributed by atoms with Crippen LogP contribution in [0.5, 0.6) is 0 Å². The second-order valence-electron chi connectivity index (χ2n) is 31.6. The zero-order chi connectivity index (χ0) is 85.2. The van der Waals surface area contributed by atoms with Crippen LogP contribution in [0, 0.1) is 41.5 Å². The first-order valence-corrected chi connectivity index (χ1v) is 46.0. The van der Waals surface area contributed by atoms with Crippen LogP contribution in [0.1, 0.15) is 175 Å². The lowest BCUT2D eigenvalue weighted by Crippen LogP contribution is -2.50. The van der Waals surface area contributed by atoms with Gasteiger partial charge in [-0.3, -0.25) is 29.3 Å². The first kappa shape index (κ1) is 98.6. The molecule has 20 nitrogen and oxygen atoms in total. The molecule has 3 saturated heterocycles. The lowest BCUT2D eigenvalue weighted by molar-refractivity contribution is -0.156. The molecule has 642 valence electrons. The number of aromatic nitrogens is 3. The maximum absolute atomic E-state index is 14.1. The zero-order valence-corrected chi connectivity index (χ0v) is 76.3. The number of sulfonamides is 3. The van der Waals surface area contributed by atoms with Crippen molar-refractivity contribution in [3.8, 4) is 33.4 Å². The molecule has 0 amide bonds. The molecule has 9 aromatic rings. The molecule has 12 rings (SSSR count). The van der Waals surface area contributed by atoms with Gasteiger partial charge in [0, 0.05) is 123 Å². The Labute approximate surface area is 735 Å². The van der Waals surface area contributed by atoms with E-state index in [2.05, 4.69) is 58.9 Å². The summed E-state index contributed by atoms with van der Waals surface area (Å²) in [5.41, 5.74) is 13.1. The summed E-state index contributed by atoms with van der Waals surface area (Å²) < 4.78 is 98.6. The third kappa shape index (κ3) is 26.7. The molecule has 119 heavy (non-hydrogen) atoms. The van der Waals surface area contributed by atoms with Gasteiger partial charge in [-0.05, 0) is 285 Å². The molecule has 1 N–H and O–H groups in total. The minimum absolute atomic E-state index is 0. The topological polar surface area (TPSA) is 247 Å². The number of aliphatic carboxylic acids is 1. The van der Waals surface area contributed by atoms with Gasteiger partial charge in [0.05, 0.1) is 32.8 Å². The maximum atomic E-state index is 14.1. The molecule has 3 aliphatic heterocycles. The van der Waals surface area contributed by atoms with Crippen molar-refractivity contribution in [2.75, 3.05) is 64.2 Å². The van der Waals surface area contributed by atoms with Crippen molar-refractivity contribution < 1.29 is 54.2 Å². The van der Waals surface area contributed by atoms with E-state index in [-0.39, 0.29) is 59.6 Å². The first-order chi connectivity index (χ1) is 55.4. The Morgan fingerprint density at radius 3 is 1.12 bits per heavy atom. The van der Waals surface area contributed by atoms with E-state index in [1.54, 1.807) is 107 Å². The third-order valence-electron chi connectivity index (χ3n) is 20.6. The van der Waals surface area contributed by atoms with E-state index < -0.39 is 53.7 Å². The van der Waals surface area contributed by atoms with Crippen LogP contribution in [0.4, 0.5) is 0 Å². The number of esters is 2. The van der Waals surface area contributed by atoms with Gasteiger partial charge in [-0.1, -0.05) is 137 Å². The lowest BCUT2D eigenvalue weighted by Gasteiger charge is -2.41. The number of piperidine rings is 1. The highest BCUT2D eigenvalue weighted by atomic mass is 79.9. The van der Waals surface area contributed by atoms with Crippen LogP contribution in [0.15, 0.2) is 197 Å². The van der Waals surface area contributed by atoms with Gasteiger partial charge in [0.2, 0.25) is 30.1 Å². The van der Waals surface area contributed by atoms with Gasteiger partial charge in [0.15, 0.2) is 0 Å². The first-order valence-electron chi connectivity index (χ1n) is 39.4. The summed E-state index contributed by atoms with van der Waals surface area (Å²) in [5, 5.41) is 11.2. The van der Waals surface area contributed by atoms with Crippen LogP contribution in [0.25, 0.3) is 33.4 Å². The van der Waals surface area contributed by atoms with Crippen LogP contribution < -0.4 is 0 Å². The van der Waals surface area contributed by atoms with Gasteiger partial charge in [0.1, 0.15) is 11.2 Å². The van der Waals surface area contributed by atoms with Crippen molar-refractivity contribution in [1.82, 2.24) is 37.7 Å². The number of rotatable bonds is 23. The highest BCUT2D eigenvalue weighted by molar-refractivity contribution is 9.09. The summed E-state index contributed by atoms with van der Waals surface area (Å²) in [6, 6.07) is 44.2. The number of halogens is 5. The van der Waals surface area contributed by atoms with Gasteiger partial charge >= 0.3 is 17.9 Å². The van der Waals surface area contributed by atoms with Gasteiger partial charge in [-0.15, -0.1) is 12.4 Å². The fraction of sp³-hybridized carbons (Fsp3) is 0.407. The van der Waals surface area contributed by atoms with Crippen LogP contribution in [-0.4, -0.2) is 161 Å². The number of alkyl halides is 1. The predicted octanol–water partition coefficient (Wildman–Crippen LogP) is 20.6. The maximum Gasteiger partial charge on any atom is 0.306 e. The van der Waals surface area contributed by atoms with Crippen LogP contribution >= 0.6 is 63.1 Å². The fourth-order valence-electron chi connectivity index (χ4n) is 14.7. The molecule has 3 fully saturated rings. The average Bonchev–Trinajstić information content (AvgIpc) is 0.770. The van der Waals surface area contributed by atoms with Crippen molar-refractivity contribution in [2.24, 2.45) is 0 Å². The summed E-state index contributed by atoms with van der Waals surface area (Å²) in [4.78, 5) is 51.9. The molecule has 3 aliphatic rings. The normalized spacial score (nSPS) is 16.5. The number of carboxylic acids is 1. The number of carbonyl (C=O) groups is 3. The van der Waals surface area contributed by atoms with E-state index in [1.165, 1.54) is 0 Å². The van der Waals surface area contributed by atoms with Gasteiger partial charge in [-0.2, -0.15) is 12.9 Å². The monoisotopic (exact) mass is 1820 g/mol. The van der Waals surface area contributed by atoms with E-state index >= 15 is 0 Å². The van der Waals surface area contributed by atoms with E-state index in [0.29, 0.717) is 121 Å². The fourth-order valence-corrected chi connectivity index (χ4v) is 21.3. The third-order valence-corrected chi connectivity index (χ3v) is 28.5. The molecular formula is C91H113BrCl4N8O12S3. The molecule has 3 atom stereocenters. The Morgan fingerprint density at radius 2 is 0.782 bits per heavy atom. The zero-order valence-electron chi connectivity index (χ0n) is 69.1. The highest BCUT2D eigenvalue weighted by Gasteiger charge is 2.41. The summed E-state index contributed by atoms with van der Waals surface area (Å²) in [7, 11) is -11.3. The minimum atomic E-state index is -3.84. The van der Waals surface area contributed by atoms with Gasteiger partial charge < -0.3 is 24.4 Å². The van der Waals surface area contributed by atoms with Crippen LogP contribution in [0.3, 0.4) is 0 Å². The number of hydrogen-bond acceptors (Lipinski definition) is 16. The number of carbonyl (C=O) groups excluding carboxylic acids is 2. The van der Waals surface area contributed by atoms with Gasteiger partial charge in [-0.25, -0.2) is 25.3 Å². The van der Waals surface area contributed by atoms with E-state index in [1.807, 2.05) is 154 Å². The molecular weight excluding hydrogens is 1710 g/mol. The van der Waals surface area contributed by atoms with Crippen molar-refractivity contribution in [1.29, 1.82) is 0 Å². The molecule has 0 bridgehead atoms. The number of piperazine rings is 2. The summed E-state index contributed by atoms with van der Waals surface area (Å²) in [6.45, 7) is 26.9. The molecule has 6 aromatic carbocycles. The molecule has 28 heteroatoms. The van der Waals surface area contributed by atoms with Crippen LogP contribution in [0.2, 0.25) is 15.1 Å². The number of hydrogen-bond donors (Lipinski definition) is 1. The number of nitrogens with zero attached hydrogens (tertiary/aromatic N) is 8. The smallest absolute Gasteiger partial charge is 0.306 e. The molecule has 3 unspecified atom stereocenters. The van der Waals surface area contributed by atoms with Crippen molar-refractivity contribution in [3.63, 3.8) is 0 Å². The van der Waals surface area contributed by atoms with Crippen molar-refractivity contribution in [2.45, 2.75) is 192 Å². The number of benzene rings is 6. The van der Waals surface area contributed by atoms with Crippen LogP contribution in [-0.2, 0) is 53.9 Å². The van der Waals surface area contributed by atoms with Crippen molar-refractivity contribution >= 4 is 111 Å². The Bertz CT molecular complexity index is 5310. The molecule has 0 aliphatic carbocycles. The van der Waals surface area contributed by atoms with E-state index in [0.717, 1.165) is 97.8 Å². The summed E-state index contributed by atoms with van der Waals surface area (Å²) >= 11 is 22.1. The number of aryl methyl sites for hydroxylation is 3. The standard InChI is InChI=1S/C31H38ClN3O4S.C27H30ClN3O4S.C24H25ClN2O2S.C8H15BrO2.CH4.ClH/c1-22-20-33-15-14-26(22)24-9-6-10-25(19-24)28-21-34(16-8-13-30(36)39-31(3,4)5)17-18-35(28)40(37,38)29-12-7-11-27(32)23(29)2;1-19-17-29-12-11-23(19)21-6-3-7-22(16-21)25-18-30(13-5-10-27(32)33)14-15-31(25)36(34,35)26-9-4-8-24(28)20(26)2;1-17-16-26-13-12-21(17)19-7-5-8-20(15-19)23-10-3-4-14-27(23)30(28,29)24-11-6-9-22(25)18(24)2;1-8(2,3)11-7(10)5-4-6-9;;/h6-7,9-12,14-15,19-20,28H,8,13,16-18,21H2,1-5H3;3-4,6-9,11-12,16-17,25H,5,10,13-15,18H2,1-2H3,(H,32,33);5-9,11-13,15-16,23H,3-4,10,14H2,1-2H3;4-6H2,1-3H3;1H4;1H. The number of ether oxygens (including phenoxy) is 2. The Morgan fingerprint density at radius 1 is 0.454 bits per heavy atom. The second kappa shape index (κ2) is 44.5. The lowest BCUT2D eigenvalue weighted by atomic mass is 9.94. The Kier molecular flexibility index (Phi) is 36.9. The Balaban J connectivity index is 0.000000231. The largest absolute Gasteiger partial charge is 0.481 e.